The predicted octanol–water partition coefficient (Wildman–Crippen LogP) is 5.07. The summed E-state index contributed by atoms with van der Waals surface area (Å²) in [7, 11) is 3.12. The third-order valence-electron chi connectivity index (χ3n) is 5.03. The van der Waals surface area contributed by atoms with Crippen LogP contribution in [-0.2, 0) is 0 Å². The maximum atomic E-state index is 12.6. The standard InChI is InChI=1S/C25H24O6/c1-15-14-22(30-24(26)18-6-10-20(28-4)11-7-18)16(2)17(3)23(15)31-25(27)19-8-12-21(29-5)13-9-19/h6-14H,1-5H3. The molecule has 6 heteroatoms. The molecule has 0 amide bonds. The van der Waals surface area contributed by atoms with Gasteiger partial charge in [0.25, 0.3) is 0 Å². The van der Waals surface area contributed by atoms with Gasteiger partial charge in [-0.05, 0) is 92.1 Å². The number of ether oxygens (including phenoxy) is 4. The van der Waals surface area contributed by atoms with E-state index in [-0.39, 0.29) is 0 Å². The molecule has 31 heavy (non-hydrogen) atoms. The SMILES string of the molecule is COc1ccc(C(=O)Oc2cc(C)c(OC(=O)c3ccc(OC)cc3)c(C)c2C)cc1. The molecule has 0 aliphatic heterocycles. The zero-order valence-electron chi connectivity index (χ0n) is 18.1. The van der Waals surface area contributed by atoms with Gasteiger partial charge in [-0.15, -0.1) is 0 Å². The fourth-order valence-corrected chi connectivity index (χ4v) is 3.05. The van der Waals surface area contributed by atoms with E-state index in [2.05, 4.69) is 0 Å². The predicted molar refractivity (Wildman–Crippen MR) is 117 cm³/mol. The zero-order chi connectivity index (χ0) is 22.5. The van der Waals surface area contributed by atoms with Gasteiger partial charge in [0.15, 0.2) is 0 Å². The zero-order valence-corrected chi connectivity index (χ0v) is 18.1. The summed E-state index contributed by atoms with van der Waals surface area (Å²) in [4.78, 5) is 25.1. The first-order chi connectivity index (χ1) is 14.8. The molecule has 0 heterocycles. The molecular weight excluding hydrogens is 396 g/mol. The molecule has 0 aliphatic carbocycles. The van der Waals surface area contributed by atoms with Crippen LogP contribution in [0.4, 0.5) is 0 Å². The number of hydrogen-bond acceptors (Lipinski definition) is 6. The average molecular weight is 420 g/mol. The molecule has 0 atom stereocenters. The molecule has 0 fully saturated rings. The second kappa shape index (κ2) is 9.34. The summed E-state index contributed by atoms with van der Waals surface area (Å²) in [6.07, 6.45) is 0. The lowest BCUT2D eigenvalue weighted by Crippen LogP contribution is -2.13. The fraction of sp³-hybridized carbons (Fsp3) is 0.200. The Labute approximate surface area is 181 Å². The van der Waals surface area contributed by atoms with Gasteiger partial charge in [-0.2, -0.15) is 0 Å². The van der Waals surface area contributed by atoms with Crippen LogP contribution in [0, 0.1) is 20.8 Å². The first-order valence-corrected chi connectivity index (χ1v) is 9.67. The Morgan fingerprint density at radius 1 is 0.645 bits per heavy atom. The highest BCUT2D eigenvalue weighted by molar-refractivity contribution is 5.92. The van der Waals surface area contributed by atoms with Crippen molar-refractivity contribution in [2.24, 2.45) is 0 Å². The molecule has 0 aliphatic rings. The highest BCUT2D eigenvalue weighted by atomic mass is 16.5. The minimum absolute atomic E-state index is 0.408. The smallest absolute Gasteiger partial charge is 0.343 e. The number of aryl methyl sites for hydroxylation is 1. The van der Waals surface area contributed by atoms with Gasteiger partial charge in [0.1, 0.15) is 23.0 Å². The summed E-state index contributed by atoms with van der Waals surface area (Å²) < 4.78 is 21.5. The molecule has 0 spiro atoms. The van der Waals surface area contributed by atoms with Crippen molar-refractivity contribution in [2.45, 2.75) is 20.8 Å². The van der Waals surface area contributed by atoms with Crippen LogP contribution >= 0.6 is 0 Å². The number of hydrogen-bond donors (Lipinski definition) is 0. The number of benzene rings is 3. The molecule has 0 N–H and O–H groups in total. The number of methoxy groups -OCH3 is 2. The van der Waals surface area contributed by atoms with Gasteiger partial charge in [0.05, 0.1) is 25.3 Å². The monoisotopic (exact) mass is 420 g/mol. The van der Waals surface area contributed by atoms with Crippen LogP contribution in [0.1, 0.15) is 37.4 Å². The summed E-state index contributed by atoms with van der Waals surface area (Å²) in [6.45, 7) is 5.44. The van der Waals surface area contributed by atoms with Gasteiger partial charge in [-0.25, -0.2) is 9.59 Å². The molecule has 3 aromatic rings. The molecule has 6 nitrogen and oxygen atoms in total. The Kier molecular flexibility index (Phi) is 6.60. The van der Waals surface area contributed by atoms with Crippen molar-refractivity contribution in [2.75, 3.05) is 14.2 Å². The van der Waals surface area contributed by atoms with Crippen LogP contribution in [0.2, 0.25) is 0 Å². The van der Waals surface area contributed by atoms with Gasteiger partial charge in [-0.1, -0.05) is 0 Å². The van der Waals surface area contributed by atoms with E-state index >= 15 is 0 Å². The summed E-state index contributed by atoms with van der Waals surface area (Å²) in [6, 6.07) is 15.0. The molecule has 0 unspecified atom stereocenters. The van der Waals surface area contributed by atoms with Crippen LogP contribution in [0.15, 0.2) is 54.6 Å². The van der Waals surface area contributed by atoms with E-state index < -0.39 is 11.9 Å². The van der Waals surface area contributed by atoms with E-state index in [4.69, 9.17) is 18.9 Å². The Morgan fingerprint density at radius 3 is 1.55 bits per heavy atom. The average Bonchev–Trinajstić information content (AvgIpc) is 2.80. The summed E-state index contributed by atoms with van der Waals surface area (Å²) in [5.74, 6) is 1.22. The van der Waals surface area contributed by atoms with E-state index in [1.54, 1.807) is 75.7 Å². The van der Waals surface area contributed by atoms with E-state index in [9.17, 15) is 9.59 Å². The Morgan fingerprint density at radius 2 is 1.10 bits per heavy atom. The number of carbonyl (C=O) groups excluding carboxylic acids is 2. The van der Waals surface area contributed by atoms with Gasteiger partial charge < -0.3 is 18.9 Å². The van der Waals surface area contributed by atoms with Crippen molar-refractivity contribution in [1.29, 1.82) is 0 Å². The summed E-state index contributed by atoms with van der Waals surface area (Å²) >= 11 is 0. The molecule has 0 saturated heterocycles. The molecule has 0 aromatic heterocycles. The molecule has 0 saturated carbocycles. The molecular formula is C25H24O6. The van der Waals surface area contributed by atoms with Crippen molar-refractivity contribution < 1.29 is 28.5 Å². The minimum atomic E-state index is -0.479. The van der Waals surface area contributed by atoms with Crippen LogP contribution in [0.3, 0.4) is 0 Å². The second-order valence-electron chi connectivity index (χ2n) is 7.01. The first kappa shape index (κ1) is 21.9. The Bertz CT molecular complexity index is 1100. The van der Waals surface area contributed by atoms with Gasteiger partial charge >= 0.3 is 11.9 Å². The molecule has 160 valence electrons. The second-order valence-corrected chi connectivity index (χ2v) is 7.01. The van der Waals surface area contributed by atoms with Crippen LogP contribution in [0.25, 0.3) is 0 Å². The van der Waals surface area contributed by atoms with Crippen molar-refractivity contribution in [3.8, 4) is 23.0 Å². The molecule has 3 aromatic carbocycles. The maximum absolute atomic E-state index is 12.6. The molecule has 0 radical (unpaired) electrons. The van der Waals surface area contributed by atoms with E-state index in [1.165, 1.54) is 0 Å². The van der Waals surface area contributed by atoms with Crippen molar-refractivity contribution in [3.63, 3.8) is 0 Å². The van der Waals surface area contributed by atoms with E-state index in [0.717, 1.165) is 5.56 Å². The fourth-order valence-electron chi connectivity index (χ4n) is 3.05. The van der Waals surface area contributed by atoms with E-state index in [1.807, 2.05) is 13.8 Å². The third-order valence-corrected chi connectivity index (χ3v) is 5.03. The van der Waals surface area contributed by atoms with Crippen LogP contribution in [-0.4, -0.2) is 26.2 Å². The minimum Gasteiger partial charge on any atom is -0.497 e. The normalized spacial score (nSPS) is 10.4. The molecule has 3 rings (SSSR count). The van der Waals surface area contributed by atoms with Gasteiger partial charge in [-0.3, -0.25) is 0 Å². The quantitative estimate of drug-likeness (QED) is 0.410. The number of rotatable bonds is 6. The van der Waals surface area contributed by atoms with Crippen molar-refractivity contribution in [1.82, 2.24) is 0 Å². The third kappa shape index (κ3) is 4.86. The van der Waals surface area contributed by atoms with Crippen LogP contribution < -0.4 is 18.9 Å². The largest absolute Gasteiger partial charge is 0.497 e. The number of carbonyl (C=O) groups is 2. The first-order valence-electron chi connectivity index (χ1n) is 9.67. The Hall–Kier alpha value is -3.80. The highest BCUT2D eigenvalue weighted by Crippen LogP contribution is 2.34. The molecule has 0 bridgehead atoms. The summed E-state index contributed by atoms with van der Waals surface area (Å²) in [5, 5.41) is 0. The van der Waals surface area contributed by atoms with E-state index in [0.29, 0.717) is 45.3 Å². The topological polar surface area (TPSA) is 71.1 Å². The lowest BCUT2D eigenvalue weighted by Gasteiger charge is -2.16. The maximum Gasteiger partial charge on any atom is 0.343 e. The highest BCUT2D eigenvalue weighted by Gasteiger charge is 2.19. The van der Waals surface area contributed by atoms with Crippen LogP contribution in [0.5, 0.6) is 23.0 Å². The summed E-state index contributed by atoms with van der Waals surface area (Å²) in [5.41, 5.74) is 2.93. The van der Waals surface area contributed by atoms with Crippen molar-refractivity contribution in [3.05, 3.63) is 82.4 Å². The lowest BCUT2D eigenvalue weighted by atomic mass is 10.0. The Balaban J connectivity index is 1.80. The van der Waals surface area contributed by atoms with Gasteiger partial charge in [0, 0.05) is 0 Å². The number of esters is 2. The lowest BCUT2D eigenvalue weighted by molar-refractivity contribution is 0.0716. The van der Waals surface area contributed by atoms with Crippen molar-refractivity contribution >= 4 is 11.9 Å². The van der Waals surface area contributed by atoms with Gasteiger partial charge in [0.2, 0.25) is 0 Å².